The SMILES string of the molecule is CC(C)CC(N)C(=O)NC(C(=O)NC(Cc1ccc(O)cc1)C(=O)NC(CS)C(=O)O)C(C)C. The van der Waals surface area contributed by atoms with Crippen molar-refractivity contribution in [1.82, 2.24) is 16.0 Å². The number of hydrogen-bond donors (Lipinski definition) is 7. The van der Waals surface area contributed by atoms with Gasteiger partial charge >= 0.3 is 5.97 Å². The van der Waals surface area contributed by atoms with E-state index in [0.717, 1.165) is 0 Å². The number of phenols is 1. The summed E-state index contributed by atoms with van der Waals surface area (Å²) in [5.41, 5.74) is 6.56. The number of carboxylic acid groups (broad SMARTS) is 1. The third-order valence-electron chi connectivity index (χ3n) is 5.12. The fourth-order valence-electron chi connectivity index (χ4n) is 3.21. The van der Waals surface area contributed by atoms with Crippen LogP contribution in [0.2, 0.25) is 0 Å². The van der Waals surface area contributed by atoms with E-state index in [4.69, 9.17) is 5.73 Å². The maximum absolute atomic E-state index is 13.1. The van der Waals surface area contributed by atoms with Gasteiger partial charge in [-0.1, -0.05) is 39.8 Å². The molecule has 0 bridgehead atoms. The van der Waals surface area contributed by atoms with Crippen LogP contribution in [-0.4, -0.2) is 63.8 Å². The van der Waals surface area contributed by atoms with Crippen LogP contribution in [0.5, 0.6) is 5.75 Å². The average molecular weight is 497 g/mol. The fraction of sp³-hybridized carbons (Fsp3) is 0.565. The van der Waals surface area contributed by atoms with E-state index < -0.39 is 47.9 Å². The molecule has 0 heterocycles. The van der Waals surface area contributed by atoms with Gasteiger partial charge in [0, 0.05) is 12.2 Å². The summed E-state index contributed by atoms with van der Waals surface area (Å²) < 4.78 is 0. The molecule has 34 heavy (non-hydrogen) atoms. The van der Waals surface area contributed by atoms with Gasteiger partial charge in [-0.05, 0) is 36.0 Å². The number of phenolic OH excluding ortho intramolecular Hbond substituents is 1. The molecule has 10 nitrogen and oxygen atoms in total. The van der Waals surface area contributed by atoms with Crippen LogP contribution in [0.15, 0.2) is 24.3 Å². The van der Waals surface area contributed by atoms with Crippen molar-refractivity contribution in [2.24, 2.45) is 17.6 Å². The molecular formula is C23H36N4O6S. The van der Waals surface area contributed by atoms with Crippen LogP contribution in [0.1, 0.15) is 39.7 Å². The lowest BCUT2D eigenvalue weighted by Crippen LogP contribution is -2.59. The van der Waals surface area contributed by atoms with Crippen molar-refractivity contribution in [2.75, 3.05) is 5.75 Å². The number of nitrogens with two attached hydrogens (primary N) is 1. The monoisotopic (exact) mass is 496 g/mol. The maximum atomic E-state index is 13.1. The summed E-state index contributed by atoms with van der Waals surface area (Å²) in [6.45, 7) is 7.35. The molecule has 0 aliphatic carbocycles. The topological polar surface area (TPSA) is 171 Å². The summed E-state index contributed by atoms with van der Waals surface area (Å²) in [5.74, 6) is -3.26. The van der Waals surface area contributed by atoms with E-state index in [2.05, 4.69) is 28.6 Å². The van der Waals surface area contributed by atoms with Crippen LogP contribution in [0, 0.1) is 11.8 Å². The number of carbonyl (C=O) groups is 4. The predicted molar refractivity (Wildman–Crippen MR) is 131 cm³/mol. The molecule has 0 saturated carbocycles. The van der Waals surface area contributed by atoms with E-state index in [1.54, 1.807) is 26.0 Å². The fourth-order valence-corrected chi connectivity index (χ4v) is 3.45. The molecule has 7 N–H and O–H groups in total. The van der Waals surface area contributed by atoms with Crippen LogP contribution in [0.4, 0.5) is 0 Å². The first kappa shape index (κ1) is 29.2. The van der Waals surface area contributed by atoms with Crippen molar-refractivity contribution < 1.29 is 29.4 Å². The van der Waals surface area contributed by atoms with Crippen molar-refractivity contribution >= 4 is 36.3 Å². The number of thiol groups is 1. The van der Waals surface area contributed by atoms with E-state index in [9.17, 15) is 29.4 Å². The van der Waals surface area contributed by atoms with Gasteiger partial charge in [-0.3, -0.25) is 14.4 Å². The summed E-state index contributed by atoms with van der Waals surface area (Å²) >= 11 is 3.95. The molecule has 0 aliphatic heterocycles. The van der Waals surface area contributed by atoms with Gasteiger partial charge in [-0.25, -0.2) is 4.79 Å². The first-order valence-electron chi connectivity index (χ1n) is 11.1. The van der Waals surface area contributed by atoms with Crippen LogP contribution in [0.25, 0.3) is 0 Å². The minimum atomic E-state index is -1.26. The molecule has 0 aromatic heterocycles. The van der Waals surface area contributed by atoms with Gasteiger partial charge < -0.3 is 31.9 Å². The number of aliphatic carboxylic acids is 1. The Balaban J connectivity index is 3.07. The van der Waals surface area contributed by atoms with E-state index in [1.165, 1.54) is 12.1 Å². The second kappa shape index (κ2) is 13.8. The molecule has 3 amide bonds. The largest absolute Gasteiger partial charge is 0.508 e. The van der Waals surface area contributed by atoms with Gasteiger partial charge in [0.15, 0.2) is 0 Å². The number of nitrogens with one attached hydrogen (secondary N) is 3. The zero-order valence-electron chi connectivity index (χ0n) is 19.9. The van der Waals surface area contributed by atoms with Crippen molar-refractivity contribution in [3.05, 3.63) is 29.8 Å². The van der Waals surface area contributed by atoms with Gasteiger partial charge in [0.05, 0.1) is 6.04 Å². The number of benzene rings is 1. The summed E-state index contributed by atoms with van der Waals surface area (Å²) in [5, 5.41) is 26.4. The van der Waals surface area contributed by atoms with E-state index in [-0.39, 0.29) is 29.8 Å². The highest BCUT2D eigenvalue weighted by Gasteiger charge is 2.31. The van der Waals surface area contributed by atoms with Crippen molar-refractivity contribution in [2.45, 2.75) is 64.7 Å². The first-order chi connectivity index (χ1) is 15.8. The molecule has 0 radical (unpaired) electrons. The molecule has 1 rings (SSSR count). The highest BCUT2D eigenvalue weighted by Crippen LogP contribution is 2.13. The van der Waals surface area contributed by atoms with Crippen LogP contribution in [0.3, 0.4) is 0 Å². The van der Waals surface area contributed by atoms with Gasteiger partial charge in [0.2, 0.25) is 17.7 Å². The first-order valence-corrected chi connectivity index (χ1v) is 11.8. The number of rotatable bonds is 13. The molecule has 11 heteroatoms. The van der Waals surface area contributed by atoms with Gasteiger partial charge in [0.1, 0.15) is 23.9 Å². The van der Waals surface area contributed by atoms with Crippen LogP contribution in [-0.2, 0) is 25.6 Å². The van der Waals surface area contributed by atoms with E-state index in [1.807, 2.05) is 13.8 Å². The number of carbonyl (C=O) groups excluding carboxylic acids is 3. The molecule has 0 fully saturated rings. The van der Waals surface area contributed by atoms with Gasteiger partial charge in [0.25, 0.3) is 0 Å². The second-order valence-corrected chi connectivity index (χ2v) is 9.35. The molecule has 1 aromatic carbocycles. The minimum Gasteiger partial charge on any atom is -0.508 e. The Morgan fingerprint density at radius 3 is 1.94 bits per heavy atom. The van der Waals surface area contributed by atoms with Crippen molar-refractivity contribution in [3.63, 3.8) is 0 Å². The van der Waals surface area contributed by atoms with Gasteiger partial charge in [-0.15, -0.1) is 0 Å². The smallest absolute Gasteiger partial charge is 0.327 e. The third kappa shape index (κ3) is 9.60. The summed E-state index contributed by atoms with van der Waals surface area (Å²) in [4.78, 5) is 49.8. The zero-order chi connectivity index (χ0) is 26.0. The Hall–Kier alpha value is -2.79. The average Bonchev–Trinajstić information content (AvgIpc) is 2.75. The normalized spacial score (nSPS) is 14.7. The lowest BCUT2D eigenvalue weighted by molar-refractivity contribution is -0.141. The van der Waals surface area contributed by atoms with Crippen LogP contribution >= 0.6 is 12.6 Å². The number of amides is 3. The summed E-state index contributed by atoms with van der Waals surface area (Å²) in [6, 6.07) is 1.92. The number of aromatic hydroxyl groups is 1. The van der Waals surface area contributed by atoms with E-state index >= 15 is 0 Å². The maximum Gasteiger partial charge on any atom is 0.327 e. The summed E-state index contributed by atoms with van der Waals surface area (Å²) in [7, 11) is 0. The molecule has 1 aromatic rings. The molecular weight excluding hydrogens is 460 g/mol. The Bertz CT molecular complexity index is 846. The molecule has 4 unspecified atom stereocenters. The Morgan fingerprint density at radius 2 is 1.47 bits per heavy atom. The number of hydrogen-bond acceptors (Lipinski definition) is 7. The molecule has 4 atom stereocenters. The Labute approximate surface area is 205 Å². The minimum absolute atomic E-state index is 0.0301. The standard InChI is InChI=1S/C23H36N4O6S/c1-12(2)9-16(24)20(29)27-19(13(3)4)22(31)25-17(10-14-5-7-15(28)8-6-14)21(30)26-18(11-34)23(32)33/h5-8,12-13,16-19,28,34H,9-11,24H2,1-4H3,(H,25,31)(H,26,30)(H,27,29)(H,32,33). The predicted octanol–water partition coefficient (Wildman–Crippen LogP) is 0.433. The molecule has 0 aliphatic rings. The highest BCUT2D eigenvalue weighted by atomic mass is 32.1. The lowest BCUT2D eigenvalue weighted by atomic mass is 9.99. The van der Waals surface area contributed by atoms with Crippen molar-refractivity contribution in [1.29, 1.82) is 0 Å². The highest BCUT2D eigenvalue weighted by molar-refractivity contribution is 7.80. The quantitative estimate of drug-likeness (QED) is 0.194. The molecule has 190 valence electrons. The Morgan fingerprint density at radius 1 is 0.912 bits per heavy atom. The number of carboxylic acids is 1. The summed E-state index contributed by atoms with van der Waals surface area (Å²) in [6.07, 6.45) is 0.479. The van der Waals surface area contributed by atoms with Crippen molar-refractivity contribution in [3.8, 4) is 5.75 Å². The van der Waals surface area contributed by atoms with E-state index in [0.29, 0.717) is 12.0 Å². The Kier molecular flexibility index (Phi) is 11.9. The second-order valence-electron chi connectivity index (χ2n) is 8.98. The molecule has 0 spiro atoms. The van der Waals surface area contributed by atoms with Crippen LogP contribution < -0.4 is 21.7 Å². The molecule has 0 saturated heterocycles. The van der Waals surface area contributed by atoms with Gasteiger partial charge in [-0.2, -0.15) is 12.6 Å². The third-order valence-corrected chi connectivity index (χ3v) is 5.48. The zero-order valence-corrected chi connectivity index (χ0v) is 20.8. The lowest BCUT2D eigenvalue weighted by Gasteiger charge is -2.27.